The topological polar surface area (TPSA) is 49.8 Å². The van der Waals surface area contributed by atoms with Crippen LogP contribution in [0.5, 0.6) is 5.75 Å². The maximum Gasteiger partial charge on any atom is 0.337 e. The number of anilines is 3. The Hall–Kier alpha value is -2.98. The molecule has 126 valence electrons. The van der Waals surface area contributed by atoms with E-state index in [4.69, 9.17) is 16.3 Å². The van der Waals surface area contributed by atoms with E-state index in [1.54, 1.807) is 19.2 Å². The van der Waals surface area contributed by atoms with Gasteiger partial charge in [0.1, 0.15) is 5.75 Å². The predicted octanol–water partition coefficient (Wildman–Crippen LogP) is 5.52. The molecule has 1 N–H and O–H groups in total. The number of methoxy groups -OCH3 is 1. The number of carbonyl (C=O) groups is 1. The molecule has 0 atom stereocenters. The minimum absolute atomic E-state index is 0.132. The summed E-state index contributed by atoms with van der Waals surface area (Å²) in [4.78, 5) is 13.6. The Morgan fingerprint density at radius 1 is 0.960 bits per heavy atom. The number of halogens is 1. The lowest BCUT2D eigenvalue weighted by atomic mass is 10.1. The average molecular weight is 354 g/mol. The average Bonchev–Trinajstić information content (AvgIpc) is 2.64. The first-order chi connectivity index (χ1) is 12.1. The van der Waals surface area contributed by atoms with Gasteiger partial charge in [0.25, 0.3) is 0 Å². The molecule has 0 fully saturated rings. The first kappa shape index (κ1) is 16.9. The number of hydrogen-bond donors (Lipinski definition) is 1. The number of hydrogen-bond acceptors (Lipinski definition) is 3. The molecule has 0 radical (unpaired) electrons. The van der Waals surface area contributed by atoms with Gasteiger partial charge < -0.3 is 14.7 Å². The van der Waals surface area contributed by atoms with Crippen molar-refractivity contribution in [1.29, 1.82) is 0 Å². The highest BCUT2D eigenvalue weighted by Crippen LogP contribution is 2.38. The second kappa shape index (κ2) is 7.28. The summed E-state index contributed by atoms with van der Waals surface area (Å²) in [7, 11) is 1.60. The van der Waals surface area contributed by atoms with Gasteiger partial charge in [-0.15, -0.1) is 0 Å². The Labute approximate surface area is 150 Å². The first-order valence-electron chi connectivity index (χ1n) is 7.62. The van der Waals surface area contributed by atoms with Crippen LogP contribution in [0.3, 0.4) is 0 Å². The fraction of sp³-hybridized carbons (Fsp3) is 0.0500. The molecule has 0 bridgehead atoms. The third kappa shape index (κ3) is 3.59. The molecule has 0 saturated carbocycles. The Morgan fingerprint density at radius 3 is 2.20 bits per heavy atom. The summed E-state index contributed by atoms with van der Waals surface area (Å²) in [5.41, 5.74) is 2.33. The summed E-state index contributed by atoms with van der Waals surface area (Å²) >= 11 is 6.00. The SMILES string of the molecule is COc1ccc(N(c2ccccc2)c2ccc(Cl)cc2C(=O)O)cc1. The second-order valence-electron chi connectivity index (χ2n) is 5.34. The minimum atomic E-state index is -1.04. The van der Waals surface area contributed by atoms with E-state index in [1.165, 1.54) is 6.07 Å². The van der Waals surface area contributed by atoms with Crippen molar-refractivity contribution in [1.82, 2.24) is 0 Å². The molecule has 3 aromatic rings. The zero-order valence-electron chi connectivity index (χ0n) is 13.5. The molecule has 0 aliphatic carbocycles. The summed E-state index contributed by atoms with van der Waals surface area (Å²) in [5, 5.41) is 9.99. The van der Waals surface area contributed by atoms with E-state index in [9.17, 15) is 9.90 Å². The van der Waals surface area contributed by atoms with Crippen LogP contribution in [0.2, 0.25) is 5.02 Å². The van der Waals surface area contributed by atoms with E-state index in [0.717, 1.165) is 17.1 Å². The van der Waals surface area contributed by atoms with E-state index in [2.05, 4.69) is 0 Å². The molecule has 0 unspecified atom stereocenters. The van der Waals surface area contributed by atoms with Crippen LogP contribution in [0.25, 0.3) is 0 Å². The summed E-state index contributed by atoms with van der Waals surface area (Å²) in [6.45, 7) is 0. The van der Waals surface area contributed by atoms with E-state index >= 15 is 0 Å². The highest BCUT2D eigenvalue weighted by atomic mass is 35.5. The number of nitrogens with zero attached hydrogens (tertiary/aromatic N) is 1. The van der Waals surface area contributed by atoms with E-state index in [1.807, 2.05) is 59.5 Å². The maximum absolute atomic E-state index is 11.7. The van der Waals surface area contributed by atoms with Crippen LogP contribution < -0.4 is 9.64 Å². The molecule has 0 heterocycles. The van der Waals surface area contributed by atoms with Crippen LogP contribution in [0, 0.1) is 0 Å². The third-order valence-electron chi connectivity index (χ3n) is 3.77. The molecule has 4 nitrogen and oxygen atoms in total. The Bertz CT molecular complexity index is 879. The van der Waals surface area contributed by atoms with Crippen molar-refractivity contribution >= 4 is 34.6 Å². The molecule has 25 heavy (non-hydrogen) atoms. The van der Waals surface area contributed by atoms with Crippen LogP contribution in [-0.2, 0) is 0 Å². The molecule has 3 rings (SSSR count). The van der Waals surface area contributed by atoms with Gasteiger partial charge in [0.15, 0.2) is 0 Å². The molecule has 0 aliphatic heterocycles. The number of aromatic carboxylic acids is 1. The lowest BCUT2D eigenvalue weighted by Crippen LogP contribution is -2.14. The Balaban J connectivity index is 2.20. The Morgan fingerprint density at radius 2 is 1.60 bits per heavy atom. The number of benzene rings is 3. The molecule has 0 saturated heterocycles. The van der Waals surface area contributed by atoms with E-state index in [-0.39, 0.29) is 5.56 Å². The van der Waals surface area contributed by atoms with Crippen molar-refractivity contribution in [2.24, 2.45) is 0 Å². The van der Waals surface area contributed by atoms with E-state index < -0.39 is 5.97 Å². The summed E-state index contributed by atoms with van der Waals surface area (Å²) in [6, 6.07) is 21.8. The third-order valence-corrected chi connectivity index (χ3v) is 4.01. The van der Waals surface area contributed by atoms with Crippen molar-refractivity contribution in [3.05, 3.63) is 83.4 Å². The van der Waals surface area contributed by atoms with Gasteiger partial charge in [0.05, 0.1) is 18.4 Å². The van der Waals surface area contributed by atoms with Gasteiger partial charge in [-0.05, 0) is 54.6 Å². The van der Waals surface area contributed by atoms with Gasteiger partial charge in [-0.1, -0.05) is 29.8 Å². The van der Waals surface area contributed by atoms with Gasteiger partial charge in [-0.2, -0.15) is 0 Å². The fourth-order valence-corrected chi connectivity index (χ4v) is 2.78. The minimum Gasteiger partial charge on any atom is -0.497 e. The largest absolute Gasteiger partial charge is 0.497 e. The van der Waals surface area contributed by atoms with Crippen molar-refractivity contribution in [3.63, 3.8) is 0 Å². The van der Waals surface area contributed by atoms with Crippen LogP contribution in [0.15, 0.2) is 72.8 Å². The van der Waals surface area contributed by atoms with Gasteiger partial charge in [-0.3, -0.25) is 0 Å². The second-order valence-corrected chi connectivity index (χ2v) is 5.77. The van der Waals surface area contributed by atoms with Gasteiger partial charge in [0, 0.05) is 16.4 Å². The summed E-state index contributed by atoms with van der Waals surface area (Å²) < 4.78 is 5.21. The standard InChI is InChI=1S/C20H16ClNO3/c1-25-17-10-8-16(9-11-17)22(15-5-3-2-4-6-15)19-12-7-14(21)13-18(19)20(23)24/h2-13H,1H3,(H,23,24). The van der Waals surface area contributed by atoms with Crippen molar-refractivity contribution < 1.29 is 14.6 Å². The molecule has 3 aromatic carbocycles. The monoisotopic (exact) mass is 353 g/mol. The first-order valence-corrected chi connectivity index (χ1v) is 8.00. The number of rotatable bonds is 5. The van der Waals surface area contributed by atoms with Crippen LogP contribution in [0.4, 0.5) is 17.1 Å². The zero-order valence-corrected chi connectivity index (χ0v) is 14.3. The van der Waals surface area contributed by atoms with E-state index in [0.29, 0.717) is 10.7 Å². The lowest BCUT2D eigenvalue weighted by Gasteiger charge is -2.27. The number of para-hydroxylation sites is 1. The Kier molecular flexibility index (Phi) is 4.91. The van der Waals surface area contributed by atoms with Gasteiger partial charge >= 0.3 is 5.97 Å². The van der Waals surface area contributed by atoms with Crippen molar-refractivity contribution in [2.45, 2.75) is 0 Å². The quantitative estimate of drug-likeness (QED) is 0.656. The van der Waals surface area contributed by atoms with Gasteiger partial charge in [-0.25, -0.2) is 4.79 Å². The lowest BCUT2D eigenvalue weighted by molar-refractivity contribution is 0.0698. The molecular weight excluding hydrogens is 338 g/mol. The summed E-state index contributed by atoms with van der Waals surface area (Å²) in [5.74, 6) is -0.307. The zero-order chi connectivity index (χ0) is 17.8. The van der Waals surface area contributed by atoms with Crippen molar-refractivity contribution in [3.8, 4) is 5.75 Å². The number of carboxylic acids is 1. The molecule has 0 aliphatic rings. The van der Waals surface area contributed by atoms with Crippen LogP contribution in [-0.4, -0.2) is 18.2 Å². The molecule has 0 spiro atoms. The highest BCUT2D eigenvalue weighted by Gasteiger charge is 2.19. The fourth-order valence-electron chi connectivity index (χ4n) is 2.61. The van der Waals surface area contributed by atoms with Gasteiger partial charge in [0.2, 0.25) is 0 Å². The predicted molar refractivity (Wildman–Crippen MR) is 99.6 cm³/mol. The molecular formula is C20H16ClNO3. The molecule has 5 heteroatoms. The smallest absolute Gasteiger partial charge is 0.337 e. The highest BCUT2D eigenvalue weighted by molar-refractivity contribution is 6.31. The molecule has 0 amide bonds. The van der Waals surface area contributed by atoms with Crippen LogP contribution in [0.1, 0.15) is 10.4 Å². The number of carboxylic acid groups (broad SMARTS) is 1. The normalized spacial score (nSPS) is 10.3. The molecule has 0 aromatic heterocycles. The van der Waals surface area contributed by atoms with Crippen LogP contribution >= 0.6 is 11.6 Å². The number of ether oxygens (including phenoxy) is 1. The van der Waals surface area contributed by atoms with Crippen molar-refractivity contribution in [2.75, 3.05) is 12.0 Å². The summed E-state index contributed by atoms with van der Waals surface area (Å²) in [6.07, 6.45) is 0. The maximum atomic E-state index is 11.7.